The number of nitrogens with one attached hydrogen (secondary N) is 1. The molecule has 1 aromatic rings. The van der Waals surface area contributed by atoms with E-state index in [4.69, 9.17) is 0 Å². The predicted octanol–water partition coefficient (Wildman–Crippen LogP) is 4.19. The molecular weight excluding hydrogens is 295 g/mol. The Morgan fingerprint density at radius 3 is 2.35 bits per heavy atom. The average molecular weight is 308 g/mol. The number of halogens is 4. The average Bonchev–Trinajstić information content (AvgIpc) is 2.98. The van der Waals surface area contributed by atoms with Gasteiger partial charge < -0.3 is 0 Å². The number of hydrogen-bond donors (Lipinski definition) is 1. The second kappa shape index (κ2) is 4.28. The lowest BCUT2D eigenvalue weighted by Crippen LogP contribution is -2.45. The summed E-state index contributed by atoms with van der Waals surface area (Å²) in [6.07, 6.45) is -3.82. The van der Waals surface area contributed by atoms with Gasteiger partial charge in [-0.25, -0.2) is 0 Å². The SMILES string of the molecule is CC(NC1(C(F)(F)F)CC1)c1ccccc1Br. The molecule has 17 heavy (non-hydrogen) atoms. The van der Waals surface area contributed by atoms with Crippen LogP contribution >= 0.6 is 15.9 Å². The van der Waals surface area contributed by atoms with E-state index in [1.54, 1.807) is 6.92 Å². The van der Waals surface area contributed by atoms with Gasteiger partial charge in [0.1, 0.15) is 5.54 Å². The Balaban J connectivity index is 2.13. The smallest absolute Gasteiger partial charge is 0.297 e. The van der Waals surface area contributed by atoms with Crippen LogP contribution in [0.3, 0.4) is 0 Å². The molecule has 1 aliphatic rings. The quantitative estimate of drug-likeness (QED) is 0.882. The molecule has 0 bridgehead atoms. The Hall–Kier alpha value is -0.550. The van der Waals surface area contributed by atoms with Crippen molar-refractivity contribution in [1.82, 2.24) is 5.32 Å². The fourth-order valence-corrected chi connectivity index (χ4v) is 2.58. The van der Waals surface area contributed by atoms with E-state index in [0.29, 0.717) is 0 Å². The van der Waals surface area contributed by atoms with Crippen molar-refractivity contribution in [3.05, 3.63) is 34.3 Å². The van der Waals surface area contributed by atoms with Crippen molar-refractivity contribution in [2.24, 2.45) is 0 Å². The summed E-state index contributed by atoms with van der Waals surface area (Å²) in [6.45, 7) is 1.76. The molecule has 1 atom stereocenters. The molecule has 0 saturated heterocycles. The van der Waals surface area contributed by atoms with E-state index in [2.05, 4.69) is 21.2 Å². The lowest BCUT2D eigenvalue weighted by Gasteiger charge is -2.26. The zero-order valence-corrected chi connectivity index (χ0v) is 10.9. The van der Waals surface area contributed by atoms with E-state index in [1.165, 1.54) is 0 Å². The van der Waals surface area contributed by atoms with Crippen LogP contribution in [0.1, 0.15) is 31.4 Å². The summed E-state index contributed by atoms with van der Waals surface area (Å²) in [6, 6.07) is 7.01. The molecule has 0 radical (unpaired) electrons. The van der Waals surface area contributed by atoms with Crippen molar-refractivity contribution in [1.29, 1.82) is 0 Å². The maximum absolute atomic E-state index is 12.8. The Kier molecular flexibility index (Phi) is 3.25. The van der Waals surface area contributed by atoms with Gasteiger partial charge in [-0.1, -0.05) is 34.1 Å². The highest BCUT2D eigenvalue weighted by Gasteiger charge is 2.63. The Labute approximate surface area is 107 Å². The van der Waals surface area contributed by atoms with E-state index >= 15 is 0 Å². The van der Waals surface area contributed by atoms with Crippen molar-refractivity contribution in [2.75, 3.05) is 0 Å². The minimum atomic E-state index is -4.16. The van der Waals surface area contributed by atoms with Crippen LogP contribution in [0.25, 0.3) is 0 Å². The summed E-state index contributed by atoms with van der Waals surface area (Å²) in [5.41, 5.74) is -0.815. The monoisotopic (exact) mass is 307 g/mol. The summed E-state index contributed by atoms with van der Waals surface area (Å²) in [4.78, 5) is 0. The van der Waals surface area contributed by atoms with Gasteiger partial charge in [0.05, 0.1) is 0 Å². The first-order valence-electron chi connectivity index (χ1n) is 5.45. The van der Waals surface area contributed by atoms with Gasteiger partial charge in [-0.15, -0.1) is 0 Å². The third-order valence-corrected chi connectivity index (χ3v) is 3.88. The second-order valence-corrected chi connectivity index (χ2v) is 5.32. The minimum absolute atomic E-state index is 0.172. The Morgan fingerprint density at radius 2 is 1.88 bits per heavy atom. The van der Waals surface area contributed by atoms with Crippen LogP contribution in [0, 0.1) is 0 Å². The van der Waals surface area contributed by atoms with Crippen molar-refractivity contribution in [2.45, 2.75) is 37.5 Å². The molecule has 1 fully saturated rings. The largest absolute Gasteiger partial charge is 0.406 e. The zero-order chi connectivity index (χ0) is 12.7. The number of rotatable bonds is 3. The van der Waals surface area contributed by atoms with Crippen molar-refractivity contribution in [3.63, 3.8) is 0 Å². The van der Waals surface area contributed by atoms with Gasteiger partial charge in [0.25, 0.3) is 0 Å². The Bertz CT molecular complexity index is 412. The fraction of sp³-hybridized carbons (Fsp3) is 0.500. The molecule has 0 aliphatic heterocycles. The molecule has 1 saturated carbocycles. The molecule has 1 nitrogen and oxygen atoms in total. The van der Waals surface area contributed by atoms with Crippen LogP contribution in [0.4, 0.5) is 13.2 Å². The first-order valence-corrected chi connectivity index (χ1v) is 6.24. The maximum atomic E-state index is 12.8. The molecular formula is C12H13BrF3N. The standard InChI is InChI=1S/C12H13BrF3N/c1-8(9-4-2-3-5-10(9)13)17-11(6-7-11)12(14,15)16/h2-5,8,17H,6-7H2,1H3. The third-order valence-electron chi connectivity index (χ3n) is 3.16. The normalized spacial score (nSPS) is 20.1. The number of alkyl halides is 3. The van der Waals surface area contributed by atoms with E-state index in [-0.39, 0.29) is 18.9 Å². The number of benzene rings is 1. The van der Waals surface area contributed by atoms with Gasteiger partial charge in [0, 0.05) is 10.5 Å². The summed E-state index contributed by atoms with van der Waals surface area (Å²) >= 11 is 3.35. The van der Waals surface area contributed by atoms with Crippen LogP contribution in [0.2, 0.25) is 0 Å². The Morgan fingerprint density at radius 1 is 1.29 bits per heavy atom. The van der Waals surface area contributed by atoms with E-state index in [9.17, 15) is 13.2 Å². The molecule has 0 amide bonds. The van der Waals surface area contributed by atoms with Gasteiger partial charge in [-0.05, 0) is 31.4 Å². The zero-order valence-electron chi connectivity index (χ0n) is 9.31. The van der Waals surface area contributed by atoms with Gasteiger partial charge in [0.15, 0.2) is 0 Å². The van der Waals surface area contributed by atoms with Crippen LogP contribution in [-0.4, -0.2) is 11.7 Å². The lowest BCUT2D eigenvalue weighted by molar-refractivity contribution is -0.167. The summed E-state index contributed by atoms with van der Waals surface area (Å²) in [5.74, 6) is 0. The third kappa shape index (κ3) is 2.50. The fourth-order valence-electron chi connectivity index (χ4n) is 1.95. The van der Waals surface area contributed by atoms with Crippen LogP contribution in [0.5, 0.6) is 0 Å². The first-order chi connectivity index (χ1) is 7.86. The molecule has 0 heterocycles. The second-order valence-electron chi connectivity index (χ2n) is 4.47. The highest BCUT2D eigenvalue weighted by atomic mass is 79.9. The molecule has 2 rings (SSSR count). The highest BCUT2D eigenvalue weighted by molar-refractivity contribution is 9.10. The number of hydrogen-bond acceptors (Lipinski definition) is 1. The van der Waals surface area contributed by atoms with E-state index in [0.717, 1.165) is 10.0 Å². The van der Waals surface area contributed by atoms with Gasteiger partial charge in [-0.3, -0.25) is 5.32 Å². The van der Waals surface area contributed by atoms with Crippen LogP contribution < -0.4 is 5.32 Å². The summed E-state index contributed by atoms with van der Waals surface area (Å²) in [7, 11) is 0. The van der Waals surface area contributed by atoms with Gasteiger partial charge >= 0.3 is 6.18 Å². The molecule has 1 unspecified atom stereocenters. The molecule has 1 aliphatic carbocycles. The molecule has 0 spiro atoms. The minimum Gasteiger partial charge on any atom is -0.297 e. The van der Waals surface area contributed by atoms with Crippen molar-refractivity contribution >= 4 is 15.9 Å². The first kappa shape index (κ1) is 12.9. The van der Waals surface area contributed by atoms with Gasteiger partial charge in [-0.2, -0.15) is 13.2 Å². The predicted molar refractivity (Wildman–Crippen MR) is 63.7 cm³/mol. The lowest BCUT2D eigenvalue weighted by atomic mass is 10.1. The molecule has 1 aromatic carbocycles. The maximum Gasteiger partial charge on any atom is 0.406 e. The van der Waals surface area contributed by atoms with Crippen molar-refractivity contribution < 1.29 is 13.2 Å². The molecule has 94 valence electrons. The molecule has 0 aromatic heterocycles. The van der Waals surface area contributed by atoms with Crippen LogP contribution in [0.15, 0.2) is 28.7 Å². The van der Waals surface area contributed by atoms with Crippen LogP contribution in [-0.2, 0) is 0 Å². The molecule has 1 N–H and O–H groups in total. The van der Waals surface area contributed by atoms with E-state index < -0.39 is 11.7 Å². The van der Waals surface area contributed by atoms with Crippen molar-refractivity contribution in [3.8, 4) is 0 Å². The summed E-state index contributed by atoms with van der Waals surface area (Å²) in [5, 5.41) is 2.71. The highest BCUT2D eigenvalue weighted by Crippen LogP contribution is 2.50. The van der Waals surface area contributed by atoms with Gasteiger partial charge in [0.2, 0.25) is 0 Å². The van der Waals surface area contributed by atoms with E-state index in [1.807, 2.05) is 24.3 Å². The molecule has 5 heteroatoms. The topological polar surface area (TPSA) is 12.0 Å². The summed E-state index contributed by atoms with van der Waals surface area (Å²) < 4.78 is 39.2.